The lowest BCUT2D eigenvalue weighted by atomic mass is 10.2. The molecule has 0 unspecified atom stereocenters. The Morgan fingerprint density at radius 2 is 2.00 bits per heavy atom. The smallest absolute Gasteiger partial charge is 0.312 e. The van der Waals surface area contributed by atoms with Crippen LogP contribution in [0.15, 0.2) is 40.9 Å². The zero-order valence-electron chi connectivity index (χ0n) is 11.1. The highest BCUT2D eigenvalue weighted by molar-refractivity contribution is 9.10. The van der Waals surface area contributed by atoms with Gasteiger partial charge in [-0.3, -0.25) is 10.1 Å². The number of nitrogens with zero attached hydrogens (tertiary/aromatic N) is 1. The highest BCUT2D eigenvalue weighted by Crippen LogP contribution is 2.35. The molecular weight excluding hydrogens is 360 g/mol. The predicted molar refractivity (Wildman–Crippen MR) is 85.1 cm³/mol. The molecular formula is C14H12BrClN2O3. The SMILES string of the molecule is CNCc1cc(Cl)ccc1Oc1ccc(Br)cc1[N+](=O)[O-]. The van der Waals surface area contributed by atoms with Crippen LogP contribution >= 0.6 is 27.5 Å². The number of halogens is 2. The molecule has 2 aromatic rings. The molecule has 0 heterocycles. The lowest BCUT2D eigenvalue weighted by Gasteiger charge is -2.11. The first-order chi connectivity index (χ1) is 10.0. The largest absolute Gasteiger partial charge is 0.450 e. The summed E-state index contributed by atoms with van der Waals surface area (Å²) >= 11 is 9.17. The van der Waals surface area contributed by atoms with Crippen LogP contribution in [0.25, 0.3) is 0 Å². The zero-order chi connectivity index (χ0) is 15.4. The fraction of sp³-hybridized carbons (Fsp3) is 0.143. The van der Waals surface area contributed by atoms with E-state index in [0.717, 1.165) is 5.56 Å². The standard InChI is InChI=1S/C14H12BrClN2O3/c1-17-8-9-6-11(16)3-5-13(9)21-14-4-2-10(15)7-12(14)18(19)20/h2-7,17H,8H2,1H3. The van der Waals surface area contributed by atoms with E-state index in [0.29, 0.717) is 21.8 Å². The van der Waals surface area contributed by atoms with E-state index in [1.54, 1.807) is 37.4 Å². The minimum Gasteiger partial charge on any atom is -0.450 e. The van der Waals surface area contributed by atoms with Gasteiger partial charge < -0.3 is 10.1 Å². The first kappa shape index (κ1) is 15.8. The van der Waals surface area contributed by atoms with Gasteiger partial charge in [0.25, 0.3) is 0 Å². The number of rotatable bonds is 5. The Kier molecular flexibility index (Phi) is 5.17. The third-order valence-electron chi connectivity index (χ3n) is 2.73. The molecule has 21 heavy (non-hydrogen) atoms. The van der Waals surface area contributed by atoms with Crippen molar-refractivity contribution in [3.8, 4) is 11.5 Å². The minimum absolute atomic E-state index is 0.102. The summed E-state index contributed by atoms with van der Waals surface area (Å²) in [6.07, 6.45) is 0. The summed E-state index contributed by atoms with van der Waals surface area (Å²) in [6, 6.07) is 9.79. The molecule has 0 aliphatic rings. The van der Waals surface area contributed by atoms with Crippen LogP contribution in [-0.4, -0.2) is 12.0 Å². The molecule has 7 heteroatoms. The summed E-state index contributed by atoms with van der Waals surface area (Å²) in [4.78, 5) is 10.6. The topological polar surface area (TPSA) is 64.4 Å². The van der Waals surface area contributed by atoms with Gasteiger partial charge in [0.2, 0.25) is 5.75 Å². The number of hydrogen-bond donors (Lipinski definition) is 1. The molecule has 0 spiro atoms. The maximum absolute atomic E-state index is 11.1. The van der Waals surface area contributed by atoms with Gasteiger partial charge in [-0.2, -0.15) is 0 Å². The van der Waals surface area contributed by atoms with Crippen molar-refractivity contribution in [1.29, 1.82) is 0 Å². The van der Waals surface area contributed by atoms with Crippen molar-refractivity contribution in [3.63, 3.8) is 0 Å². The Labute approximate surface area is 135 Å². The maximum Gasteiger partial charge on any atom is 0.312 e. The Bertz CT molecular complexity index is 679. The van der Waals surface area contributed by atoms with Crippen LogP contribution in [0.4, 0.5) is 5.69 Å². The normalized spacial score (nSPS) is 10.4. The van der Waals surface area contributed by atoms with Crippen molar-refractivity contribution in [2.45, 2.75) is 6.54 Å². The second-order valence-corrected chi connectivity index (χ2v) is 5.61. The van der Waals surface area contributed by atoms with Crippen molar-refractivity contribution in [2.24, 2.45) is 0 Å². The highest BCUT2D eigenvalue weighted by atomic mass is 79.9. The van der Waals surface area contributed by atoms with Gasteiger partial charge in [-0.25, -0.2) is 0 Å². The van der Waals surface area contributed by atoms with Crippen LogP contribution in [0, 0.1) is 10.1 Å². The molecule has 2 aromatic carbocycles. The summed E-state index contributed by atoms with van der Waals surface area (Å²) in [5.74, 6) is 0.710. The van der Waals surface area contributed by atoms with Crippen molar-refractivity contribution < 1.29 is 9.66 Å². The Balaban J connectivity index is 2.40. The second-order valence-electron chi connectivity index (χ2n) is 4.25. The first-order valence-corrected chi connectivity index (χ1v) is 7.23. The van der Waals surface area contributed by atoms with Gasteiger partial charge in [-0.1, -0.05) is 27.5 Å². The van der Waals surface area contributed by atoms with E-state index >= 15 is 0 Å². The van der Waals surface area contributed by atoms with E-state index in [2.05, 4.69) is 21.2 Å². The number of nitro groups is 1. The van der Waals surface area contributed by atoms with Crippen molar-refractivity contribution >= 4 is 33.2 Å². The van der Waals surface area contributed by atoms with Crippen LogP contribution in [0.1, 0.15) is 5.56 Å². The van der Waals surface area contributed by atoms with E-state index in [-0.39, 0.29) is 11.4 Å². The molecule has 1 N–H and O–H groups in total. The van der Waals surface area contributed by atoms with Crippen LogP contribution in [0.3, 0.4) is 0 Å². The molecule has 0 bridgehead atoms. The molecule has 0 atom stereocenters. The van der Waals surface area contributed by atoms with E-state index in [1.807, 2.05) is 0 Å². The highest BCUT2D eigenvalue weighted by Gasteiger charge is 2.17. The van der Waals surface area contributed by atoms with E-state index in [1.165, 1.54) is 6.07 Å². The number of ether oxygens (including phenoxy) is 1. The second kappa shape index (κ2) is 6.89. The molecule has 0 saturated carbocycles. The van der Waals surface area contributed by atoms with Crippen LogP contribution in [0.5, 0.6) is 11.5 Å². The van der Waals surface area contributed by atoms with Gasteiger partial charge in [-0.05, 0) is 37.4 Å². The Morgan fingerprint density at radius 1 is 1.29 bits per heavy atom. The summed E-state index contributed by atoms with van der Waals surface area (Å²) < 4.78 is 6.32. The van der Waals surface area contributed by atoms with Crippen LogP contribution in [0.2, 0.25) is 5.02 Å². The minimum atomic E-state index is -0.478. The molecule has 0 aliphatic carbocycles. The summed E-state index contributed by atoms with van der Waals surface area (Å²) in [6.45, 7) is 0.542. The maximum atomic E-state index is 11.1. The summed E-state index contributed by atoms with van der Waals surface area (Å²) in [5, 5.41) is 14.7. The molecule has 2 rings (SSSR count). The quantitative estimate of drug-likeness (QED) is 0.620. The first-order valence-electron chi connectivity index (χ1n) is 6.06. The fourth-order valence-electron chi connectivity index (χ4n) is 1.81. The van der Waals surface area contributed by atoms with Crippen molar-refractivity contribution in [1.82, 2.24) is 5.32 Å². The lowest BCUT2D eigenvalue weighted by Crippen LogP contribution is -2.06. The van der Waals surface area contributed by atoms with E-state index in [9.17, 15) is 10.1 Å². The third-order valence-corrected chi connectivity index (χ3v) is 3.46. The fourth-order valence-corrected chi connectivity index (χ4v) is 2.36. The van der Waals surface area contributed by atoms with Gasteiger partial charge in [0.1, 0.15) is 5.75 Å². The van der Waals surface area contributed by atoms with Crippen molar-refractivity contribution in [3.05, 3.63) is 61.6 Å². The molecule has 0 radical (unpaired) electrons. The molecule has 110 valence electrons. The average Bonchev–Trinajstić information content (AvgIpc) is 2.43. The number of benzene rings is 2. The molecule has 0 fully saturated rings. The van der Waals surface area contributed by atoms with Gasteiger partial charge in [0, 0.05) is 27.7 Å². The van der Waals surface area contributed by atoms with Gasteiger partial charge in [-0.15, -0.1) is 0 Å². The average molecular weight is 372 g/mol. The Hall–Kier alpha value is -1.63. The number of nitro benzene ring substituents is 1. The molecule has 0 saturated heterocycles. The Morgan fingerprint density at radius 3 is 2.67 bits per heavy atom. The number of hydrogen-bond acceptors (Lipinski definition) is 4. The predicted octanol–water partition coefficient (Wildman–Crippen LogP) is 4.52. The molecule has 0 aliphatic heterocycles. The lowest BCUT2D eigenvalue weighted by molar-refractivity contribution is -0.385. The molecule has 0 amide bonds. The van der Waals surface area contributed by atoms with Gasteiger partial charge in [0.15, 0.2) is 0 Å². The van der Waals surface area contributed by atoms with Crippen molar-refractivity contribution in [2.75, 3.05) is 7.05 Å². The molecule has 0 aromatic heterocycles. The summed E-state index contributed by atoms with van der Waals surface area (Å²) in [5.41, 5.74) is 0.719. The third kappa shape index (κ3) is 3.93. The van der Waals surface area contributed by atoms with Crippen LogP contribution < -0.4 is 10.1 Å². The van der Waals surface area contributed by atoms with Gasteiger partial charge in [0.05, 0.1) is 4.92 Å². The summed E-state index contributed by atoms with van der Waals surface area (Å²) in [7, 11) is 1.80. The van der Waals surface area contributed by atoms with E-state index in [4.69, 9.17) is 16.3 Å². The molecule has 5 nitrogen and oxygen atoms in total. The van der Waals surface area contributed by atoms with Crippen LogP contribution in [-0.2, 0) is 6.54 Å². The monoisotopic (exact) mass is 370 g/mol. The zero-order valence-corrected chi connectivity index (χ0v) is 13.4. The van der Waals surface area contributed by atoms with Gasteiger partial charge >= 0.3 is 5.69 Å². The number of nitrogens with one attached hydrogen (secondary N) is 1. The van der Waals surface area contributed by atoms with E-state index < -0.39 is 4.92 Å².